The first-order chi connectivity index (χ1) is 12.5. The maximum Gasteiger partial charge on any atom is 0.367 e. The van der Waals surface area contributed by atoms with Crippen molar-refractivity contribution in [2.24, 2.45) is 5.16 Å². The minimum Gasteiger partial charge on any atom is -0.496 e. The van der Waals surface area contributed by atoms with Crippen molar-refractivity contribution in [2.45, 2.75) is 31.1 Å². The van der Waals surface area contributed by atoms with E-state index >= 15 is 0 Å². The molecular formula is C20H20ClNO3S. The Morgan fingerprint density at radius 2 is 2.04 bits per heavy atom. The fourth-order valence-corrected chi connectivity index (χ4v) is 3.67. The van der Waals surface area contributed by atoms with Crippen molar-refractivity contribution in [3.05, 3.63) is 57.6 Å². The van der Waals surface area contributed by atoms with Crippen LogP contribution in [0, 0.1) is 6.92 Å². The molecule has 136 valence electrons. The summed E-state index contributed by atoms with van der Waals surface area (Å²) < 4.78 is 5.40. The van der Waals surface area contributed by atoms with Gasteiger partial charge in [0.15, 0.2) is 0 Å². The number of rotatable bonds is 4. The highest BCUT2D eigenvalue weighted by Gasteiger charge is 2.20. The molecule has 0 saturated carbocycles. The topological polar surface area (TPSA) is 47.9 Å². The molecule has 0 aromatic heterocycles. The summed E-state index contributed by atoms with van der Waals surface area (Å²) in [6, 6.07) is 9.37. The molecule has 0 fully saturated rings. The number of oxime groups is 1. The van der Waals surface area contributed by atoms with Crippen LogP contribution in [0.2, 0.25) is 5.02 Å². The molecule has 1 aliphatic rings. The van der Waals surface area contributed by atoms with Crippen LogP contribution >= 0.6 is 23.4 Å². The van der Waals surface area contributed by atoms with E-state index in [1.165, 1.54) is 11.8 Å². The molecule has 0 atom stereocenters. The van der Waals surface area contributed by atoms with Crippen LogP contribution in [0.3, 0.4) is 0 Å². The number of aryl methyl sites for hydroxylation is 2. The van der Waals surface area contributed by atoms with Gasteiger partial charge in [-0.2, -0.15) is 0 Å². The van der Waals surface area contributed by atoms with Crippen LogP contribution in [0.4, 0.5) is 0 Å². The Morgan fingerprint density at radius 1 is 1.23 bits per heavy atom. The van der Waals surface area contributed by atoms with E-state index in [9.17, 15) is 4.79 Å². The Morgan fingerprint density at radius 3 is 2.77 bits per heavy atom. The van der Waals surface area contributed by atoms with Crippen LogP contribution in [0.25, 0.3) is 0 Å². The molecule has 0 spiro atoms. The number of fused-ring (bicyclic) bond motifs is 1. The first-order valence-corrected chi connectivity index (χ1v) is 9.93. The van der Waals surface area contributed by atoms with E-state index in [0.29, 0.717) is 10.6 Å². The first-order valence-electron chi connectivity index (χ1n) is 8.33. The van der Waals surface area contributed by atoms with Crippen LogP contribution in [-0.4, -0.2) is 25.0 Å². The van der Waals surface area contributed by atoms with E-state index in [2.05, 4.69) is 5.16 Å². The van der Waals surface area contributed by atoms with Crippen LogP contribution in [0.5, 0.6) is 5.75 Å². The summed E-state index contributed by atoms with van der Waals surface area (Å²) in [7, 11) is 1.67. The van der Waals surface area contributed by atoms with Gasteiger partial charge in [0.25, 0.3) is 0 Å². The molecule has 0 aliphatic heterocycles. The Kier molecular flexibility index (Phi) is 5.89. The van der Waals surface area contributed by atoms with Crippen LogP contribution in [-0.2, 0) is 11.3 Å². The highest BCUT2D eigenvalue weighted by molar-refractivity contribution is 7.98. The van der Waals surface area contributed by atoms with E-state index < -0.39 is 5.97 Å². The lowest BCUT2D eigenvalue weighted by atomic mass is 9.88. The van der Waals surface area contributed by atoms with Gasteiger partial charge < -0.3 is 9.57 Å². The average Bonchev–Trinajstić information content (AvgIpc) is 2.66. The number of carbonyl (C=O) groups is 1. The Balaban J connectivity index is 1.86. The van der Waals surface area contributed by atoms with Gasteiger partial charge in [-0.1, -0.05) is 16.8 Å². The number of nitrogens with zero attached hydrogens (tertiary/aromatic N) is 1. The third kappa shape index (κ3) is 3.89. The van der Waals surface area contributed by atoms with Crippen molar-refractivity contribution in [2.75, 3.05) is 13.4 Å². The molecule has 0 N–H and O–H groups in total. The third-order valence-electron chi connectivity index (χ3n) is 4.42. The Hall–Kier alpha value is -1.98. The monoisotopic (exact) mass is 389 g/mol. The lowest BCUT2D eigenvalue weighted by Crippen LogP contribution is -2.14. The van der Waals surface area contributed by atoms with Crippen molar-refractivity contribution in [3.63, 3.8) is 0 Å². The fourth-order valence-electron chi connectivity index (χ4n) is 3.03. The zero-order chi connectivity index (χ0) is 18.7. The molecule has 0 bridgehead atoms. The summed E-state index contributed by atoms with van der Waals surface area (Å²) in [5.41, 5.74) is 4.32. The lowest BCUT2D eigenvalue weighted by Gasteiger charge is -2.19. The number of carbonyl (C=O) groups excluding carboxylic acids is 1. The number of hydrogen-bond donors (Lipinski definition) is 0. The Labute approximate surface area is 162 Å². The second kappa shape index (κ2) is 8.14. The molecule has 1 aliphatic carbocycles. The van der Waals surface area contributed by atoms with E-state index in [4.69, 9.17) is 21.2 Å². The van der Waals surface area contributed by atoms with E-state index in [1.807, 2.05) is 31.4 Å². The van der Waals surface area contributed by atoms with Crippen LogP contribution in [0.1, 0.15) is 39.9 Å². The molecule has 0 amide bonds. The molecule has 4 nitrogen and oxygen atoms in total. The molecule has 6 heteroatoms. The second-order valence-electron chi connectivity index (χ2n) is 6.10. The van der Waals surface area contributed by atoms with Crippen molar-refractivity contribution in [1.82, 2.24) is 0 Å². The van der Waals surface area contributed by atoms with Gasteiger partial charge in [-0.25, -0.2) is 4.79 Å². The summed E-state index contributed by atoms with van der Waals surface area (Å²) in [6.45, 7) is 1.99. The maximum atomic E-state index is 12.4. The van der Waals surface area contributed by atoms with E-state index in [0.717, 1.165) is 52.3 Å². The Bertz CT molecular complexity index is 880. The second-order valence-corrected chi connectivity index (χ2v) is 7.38. The maximum absolute atomic E-state index is 12.4. The van der Waals surface area contributed by atoms with Gasteiger partial charge in [-0.3, -0.25) is 0 Å². The number of benzene rings is 2. The van der Waals surface area contributed by atoms with Gasteiger partial charge in [-0.15, -0.1) is 11.8 Å². The smallest absolute Gasteiger partial charge is 0.367 e. The molecular weight excluding hydrogens is 370 g/mol. The van der Waals surface area contributed by atoms with Gasteiger partial charge in [0, 0.05) is 10.5 Å². The number of thioether (sulfide) groups is 1. The van der Waals surface area contributed by atoms with Crippen LogP contribution < -0.4 is 4.74 Å². The number of methoxy groups -OCH3 is 1. The molecule has 26 heavy (non-hydrogen) atoms. The van der Waals surface area contributed by atoms with Crippen LogP contribution in [0.15, 0.2) is 40.4 Å². The quantitative estimate of drug-likeness (QED) is 0.405. The molecule has 0 saturated heterocycles. The number of ether oxygens (including phenoxy) is 1. The molecule has 2 aromatic rings. The standard InChI is InChI=1S/C20H20ClNO3S/c1-12-9-15-13(10-19(12)24-2)5-4-6-18(15)22-25-20(23)16-11-14(26-3)7-8-17(16)21/h7-11H,4-6H2,1-3H3/b22-18+. The molecule has 0 radical (unpaired) electrons. The van der Waals surface area contributed by atoms with Gasteiger partial charge in [0.05, 0.1) is 23.4 Å². The molecule has 3 rings (SSSR count). The van der Waals surface area contributed by atoms with Gasteiger partial charge in [0.2, 0.25) is 0 Å². The predicted molar refractivity (Wildman–Crippen MR) is 106 cm³/mol. The number of hydrogen-bond acceptors (Lipinski definition) is 5. The third-order valence-corrected chi connectivity index (χ3v) is 5.48. The highest BCUT2D eigenvalue weighted by atomic mass is 35.5. The summed E-state index contributed by atoms with van der Waals surface area (Å²) in [4.78, 5) is 18.6. The van der Waals surface area contributed by atoms with E-state index in [1.54, 1.807) is 19.2 Å². The van der Waals surface area contributed by atoms with Crippen molar-refractivity contribution < 1.29 is 14.4 Å². The average molecular weight is 390 g/mol. The minimum absolute atomic E-state index is 0.324. The zero-order valence-electron chi connectivity index (χ0n) is 15.0. The van der Waals surface area contributed by atoms with E-state index in [-0.39, 0.29) is 0 Å². The summed E-state index contributed by atoms with van der Waals surface area (Å²) in [5.74, 6) is 0.318. The van der Waals surface area contributed by atoms with Crippen molar-refractivity contribution >= 4 is 35.0 Å². The highest BCUT2D eigenvalue weighted by Crippen LogP contribution is 2.29. The summed E-state index contributed by atoms with van der Waals surface area (Å²) in [6.07, 6.45) is 4.62. The molecule has 0 unspecified atom stereocenters. The predicted octanol–water partition coefficient (Wildman–Crippen LogP) is 5.28. The zero-order valence-corrected chi connectivity index (χ0v) is 16.5. The minimum atomic E-state index is -0.546. The largest absolute Gasteiger partial charge is 0.496 e. The normalized spacial score (nSPS) is 14.8. The molecule has 2 aromatic carbocycles. The summed E-state index contributed by atoms with van der Waals surface area (Å²) >= 11 is 7.67. The number of halogens is 1. The first kappa shape index (κ1) is 18.8. The lowest BCUT2D eigenvalue weighted by molar-refractivity contribution is 0.0515. The fraction of sp³-hybridized carbons (Fsp3) is 0.300. The van der Waals surface area contributed by atoms with Crippen molar-refractivity contribution in [3.8, 4) is 5.75 Å². The molecule has 0 heterocycles. The van der Waals surface area contributed by atoms with Gasteiger partial charge in [0.1, 0.15) is 5.75 Å². The summed E-state index contributed by atoms with van der Waals surface area (Å²) in [5, 5.41) is 4.51. The van der Waals surface area contributed by atoms with Gasteiger partial charge >= 0.3 is 5.97 Å². The van der Waals surface area contributed by atoms with Gasteiger partial charge in [-0.05, 0) is 73.9 Å². The van der Waals surface area contributed by atoms with Crippen molar-refractivity contribution in [1.29, 1.82) is 0 Å². The SMILES string of the molecule is COc1cc2c(cc1C)/C(=N/OC(=O)c1cc(SC)ccc1Cl)CCC2.